The molecule has 0 radical (unpaired) electrons. The van der Waals surface area contributed by atoms with E-state index in [1.54, 1.807) is 6.07 Å². The highest BCUT2D eigenvalue weighted by molar-refractivity contribution is 5.72. The van der Waals surface area contributed by atoms with E-state index in [1.807, 2.05) is 31.2 Å². The van der Waals surface area contributed by atoms with Gasteiger partial charge in [-0.3, -0.25) is 4.79 Å². The molecule has 1 aromatic rings. The number of benzene rings is 1. The van der Waals surface area contributed by atoms with Crippen LogP contribution in [0.3, 0.4) is 0 Å². The summed E-state index contributed by atoms with van der Waals surface area (Å²) in [7, 11) is 0. The fourth-order valence-electron chi connectivity index (χ4n) is 1.36. The van der Waals surface area contributed by atoms with Crippen molar-refractivity contribution in [3.63, 3.8) is 0 Å². The summed E-state index contributed by atoms with van der Waals surface area (Å²) in [6.45, 7) is 4.02. The third-order valence-electron chi connectivity index (χ3n) is 2.33. The van der Waals surface area contributed by atoms with Crippen LogP contribution in [0.15, 0.2) is 24.3 Å². The molecule has 3 nitrogen and oxygen atoms in total. The van der Waals surface area contributed by atoms with Crippen molar-refractivity contribution in [3.8, 4) is 5.75 Å². The van der Waals surface area contributed by atoms with Gasteiger partial charge < -0.3 is 10.4 Å². The lowest BCUT2D eigenvalue weighted by atomic mass is 10.1. The molecule has 16 heavy (non-hydrogen) atoms. The Hall–Kier alpha value is -1.77. The largest absolute Gasteiger partial charge is 0.508 e. The fourth-order valence-corrected chi connectivity index (χ4v) is 1.36. The van der Waals surface area contributed by atoms with Crippen LogP contribution in [0.2, 0.25) is 0 Å². The molecule has 0 saturated carbocycles. The van der Waals surface area contributed by atoms with E-state index in [-0.39, 0.29) is 5.91 Å². The van der Waals surface area contributed by atoms with E-state index in [1.165, 1.54) is 6.92 Å². The highest BCUT2D eigenvalue weighted by atomic mass is 16.3. The second-order valence-electron chi connectivity index (χ2n) is 3.67. The second kappa shape index (κ2) is 5.95. The number of phenolic OH excluding ortho intramolecular Hbond substituents is 1. The Morgan fingerprint density at radius 2 is 2.25 bits per heavy atom. The summed E-state index contributed by atoms with van der Waals surface area (Å²) >= 11 is 0. The molecule has 1 aromatic carbocycles. The zero-order valence-corrected chi connectivity index (χ0v) is 9.66. The van der Waals surface area contributed by atoms with Gasteiger partial charge in [0.1, 0.15) is 5.75 Å². The van der Waals surface area contributed by atoms with E-state index < -0.39 is 0 Å². The average molecular weight is 219 g/mol. The first kappa shape index (κ1) is 12.3. The van der Waals surface area contributed by atoms with Gasteiger partial charge in [0, 0.05) is 13.5 Å². The van der Waals surface area contributed by atoms with Gasteiger partial charge in [-0.15, -0.1) is 0 Å². The zero-order valence-electron chi connectivity index (χ0n) is 9.66. The van der Waals surface area contributed by atoms with Crippen LogP contribution in [-0.2, 0) is 4.79 Å². The molecule has 0 heterocycles. The molecule has 0 unspecified atom stereocenters. The van der Waals surface area contributed by atoms with Gasteiger partial charge in [-0.2, -0.15) is 0 Å². The number of hydrogen-bond donors (Lipinski definition) is 2. The molecule has 0 atom stereocenters. The van der Waals surface area contributed by atoms with Crippen molar-refractivity contribution < 1.29 is 9.90 Å². The molecule has 3 heteroatoms. The maximum absolute atomic E-state index is 10.6. The highest BCUT2D eigenvalue weighted by Gasteiger charge is 1.98. The van der Waals surface area contributed by atoms with Gasteiger partial charge in [-0.1, -0.05) is 24.3 Å². The molecule has 0 bridgehead atoms. The minimum Gasteiger partial charge on any atom is -0.508 e. The van der Waals surface area contributed by atoms with Crippen molar-refractivity contribution in [2.24, 2.45) is 0 Å². The summed E-state index contributed by atoms with van der Waals surface area (Å²) in [5, 5.41) is 12.2. The Kier molecular flexibility index (Phi) is 4.58. The first-order valence-corrected chi connectivity index (χ1v) is 5.31. The molecular weight excluding hydrogens is 202 g/mol. The van der Waals surface area contributed by atoms with Crippen LogP contribution in [-0.4, -0.2) is 17.6 Å². The standard InChI is InChI=1S/C13H17NO2/c1-10-12(7-5-8-13(10)16)6-3-4-9-14-11(2)15/h3,5-8,16H,4,9H2,1-2H3,(H,14,15). The third-order valence-corrected chi connectivity index (χ3v) is 2.33. The Bertz CT molecular complexity index is 397. The van der Waals surface area contributed by atoms with Crippen molar-refractivity contribution >= 4 is 12.0 Å². The second-order valence-corrected chi connectivity index (χ2v) is 3.67. The summed E-state index contributed by atoms with van der Waals surface area (Å²) in [4.78, 5) is 10.6. The van der Waals surface area contributed by atoms with Crippen molar-refractivity contribution in [2.45, 2.75) is 20.3 Å². The summed E-state index contributed by atoms with van der Waals surface area (Å²) < 4.78 is 0. The fraction of sp³-hybridized carbons (Fsp3) is 0.308. The predicted octanol–water partition coefficient (Wildman–Crippen LogP) is 2.24. The van der Waals surface area contributed by atoms with Gasteiger partial charge in [0.05, 0.1) is 0 Å². The lowest BCUT2D eigenvalue weighted by molar-refractivity contribution is -0.118. The Balaban J connectivity index is 2.50. The first-order valence-electron chi connectivity index (χ1n) is 5.31. The summed E-state index contributed by atoms with van der Waals surface area (Å²) in [5.74, 6) is 0.297. The minimum atomic E-state index is -0.0121. The molecule has 0 fully saturated rings. The molecule has 0 spiro atoms. The van der Waals surface area contributed by atoms with Crippen molar-refractivity contribution in [2.75, 3.05) is 6.54 Å². The molecule has 0 aliphatic heterocycles. The topological polar surface area (TPSA) is 49.3 Å². The first-order chi connectivity index (χ1) is 7.61. The maximum Gasteiger partial charge on any atom is 0.216 e. The van der Waals surface area contributed by atoms with E-state index >= 15 is 0 Å². The molecule has 86 valence electrons. The van der Waals surface area contributed by atoms with Gasteiger partial charge in [-0.25, -0.2) is 0 Å². The Morgan fingerprint density at radius 1 is 1.50 bits per heavy atom. The molecule has 0 aromatic heterocycles. The van der Waals surface area contributed by atoms with E-state index in [2.05, 4.69) is 5.32 Å². The van der Waals surface area contributed by atoms with Gasteiger partial charge in [-0.05, 0) is 30.5 Å². The molecular formula is C13H17NO2. The lowest BCUT2D eigenvalue weighted by Gasteiger charge is -2.02. The van der Waals surface area contributed by atoms with E-state index in [4.69, 9.17) is 0 Å². The molecule has 1 amide bonds. The van der Waals surface area contributed by atoms with Crippen molar-refractivity contribution in [1.82, 2.24) is 5.32 Å². The normalized spacial score (nSPS) is 10.6. The van der Waals surface area contributed by atoms with Gasteiger partial charge in [0.25, 0.3) is 0 Å². The number of carbonyl (C=O) groups is 1. The highest BCUT2D eigenvalue weighted by Crippen LogP contribution is 2.20. The summed E-state index contributed by atoms with van der Waals surface area (Å²) in [5.41, 5.74) is 1.88. The van der Waals surface area contributed by atoms with E-state index in [0.717, 1.165) is 17.5 Å². The Morgan fingerprint density at radius 3 is 2.94 bits per heavy atom. The lowest BCUT2D eigenvalue weighted by Crippen LogP contribution is -2.20. The molecule has 2 N–H and O–H groups in total. The zero-order chi connectivity index (χ0) is 12.0. The summed E-state index contributed by atoms with van der Waals surface area (Å²) in [6.07, 6.45) is 4.73. The Labute approximate surface area is 95.8 Å². The molecule has 1 rings (SSSR count). The van der Waals surface area contributed by atoms with Crippen molar-refractivity contribution in [1.29, 1.82) is 0 Å². The van der Waals surface area contributed by atoms with Crippen LogP contribution in [0, 0.1) is 6.92 Å². The minimum absolute atomic E-state index is 0.0121. The molecule has 0 saturated heterocycles. The van der Waals surface area contributed by atoms with E-state index in [9.17, 15) is 9.90 Å². The van der Waals surface area contributed by atoms with Crippen molar-refractivity contribution in [3.05, 3.63) is 35.4 Å². The number of phenols is 1. The van der Waals surface area contributed by atoms with Crippen LogP contribution >= 0.6 is 0 Å². The van der Waals surface area contributed by atoms with Crippen LogP contribution in [0.4, 0.5) is 0 Å². The summed E-state index contributed by atoms with van der Waals surface area (Å²) in [6, 6.07) is 5.43. The van der Waals surface area contributed by atoms with E-state index in [0.29, 0.717) is 12.3 Å². The van der Waals surface area contributed by atoms with Crippen LogP contribution in [0.1, 0.15) is 24.5 Å². The number of hydrogen-bond acceptors (Lipinski definition) is 2. The van der Waals surface area contributed by atoms with Gasteiger partial charge >= 0.3 is 0 Å². The molecule has 0 aliphatic carbocycles. The monoisotopic (exact) mass is 219 g/mol. The van der Waals surface area contributed by atoms with Crippen LogP contribution in [0.5, 0.6) is 5.75 Å². The number of aromatic hydroxyl groups is 1. The number of nitrogens with one attached hydrogen (secondary N) is 1. The average Bonchev–Trinajstić information content (AvgIpc) is 2.23. The number of carbonyl (C=O) groups excluding carboxylic acids is 1. The van der Waals surface area contributed by atoms with Crippen LogP contribution < -0.4 is 5.32 Å². The SMILES string of the molecule is CC(=O)NCCC=Cc1cccc(O)c1C. The van der Waals surface area contributed by atoms with Gasteiger partial charge in [0.15, 0.2) is 0 Å². The van der Waals surface area contributed by atoms with Crippen LogP contribution in [0.25, 0.3) is 6.08 Å². The number of amides is 1. The quantitative estimate of drug-likeness (QED) is 0.763. The number of rotatable bonds is 4. The maximum atomic E-state index is 10.6. The third kappa shape index (κ3) is 3.77. The predicted molar refractivity (Wildman–Crippen MR) is 65.2 cm³/mol. The van der Waals surface area contributed by atoms with Gasteiger partial charge in [0.2, 0.25) is 5.91 Å². The molecule has 0 aliphatic rings. The smallest absolute Gasteiger partial charge is 0.216 e.